The molecule has 4 rings (SSSR count). The lowest BCUT2D eigenvalue weighted by Gasteiger charge is -2.08. The lowest BCUT2D eigenvalue weighted by Crippen LogP contribution is -2.22. The minimum Gasteiger partial charge on any atom is -0.478 e. The Balaban J connectivity index is 1.54. The maximum absolute atomic E-state index is 13.0. The Morgan fingerprint density at radius 2 is 1.53 bits per heavy atom. The molecule has 1 heterocycles. The van der Waals surface area contributed by atoms with Crippen molar-refractivity contribution >= 4 is 22.8 Å². The highest BCUT2D eigenvalue weighted by molar-refractivity contribution is 5.98. The van der Waals surface area contributed by atoms with Gasteiger partial charge >= 0.3 is 5.97 Å². The third-order valence-electron chi connectivity index (χ3n) is 5.15. The first-order valence-electron chi connectivity index (χ1n) is 9.90. The number of hydrogen-bond donors (Lipinski definition) is 3. The summed E-state index contributed by atoms with van der Waals surface area (Å²) in [6.07, 6.45) is 0.326. The monoisotopic (exact) mass is 430 g/mol. The van der Waals surface area contributed by atoms with E-state index < -0.39 is 5.97 Å². The zero-order chi connectivity index (χ0) is 22.7. The van der Waals surface area contributed by atoms with Gasteiger partial charge in [0.25, 0.3) is 11.5 Å². The van der Waals surface area contributed by atoms with Crippen LogP contribution in [0, 0.1) is 5.82 Å². The summed E-state index contributed by atoms with van der Waals surface area (Å²) >= 11 is 0. The second kappa shape index (κ2) is 8.85. The van der Waals surface area contributed by atoms with Crippen LogP contribution in [0.3, 0.4) is 0 Å². The molecule has 3 aromatic carbocycles. The molecule has 3 N–H and O–H groups in total. The highest BCUT2D eigenvalue weighted by Crippen LogP contribution is 2.16. The van der Waals surface area contributed by atoms with Gasteiger partial charge in [-0.1, -0.05) is 24.3 Å². The molecule has 1 amide bonds. The molecule has 0 radical (unpaired) electrons. The molecule has 0 aliphatic carbocycles. The number of aromatic nitrogens is 1. The van der Waals surface area contributed by atoms with Crippen LogP contribution in [-0.4, -0.2) is 22.0 Å². The van der Waals surface area contributed by atoms with E-state index in [9.17, 15) is 18.8 Å². The summed E-state index contributed by atoms with van der Waals surface area (Å²) in [5.74, 6) is -1.63. The van der Waals surface area contributed by atoms with Crippen molar-refractivity contribution in [3.05, 3.63) is 117 Å². The first-order valence-corrected chi connectivity index (χ1v) is 9.90. The van der Waals surface area contributed by atoms with Gasteiger partial charge in [-0.25, -0.2) is 9.18 Å². The number of carbonyl (C=O) groups excluding carboxylic acids is 1. The lowest BCUT2D eigenvalue weighted by molar-refractivity contribution is 0.0696. The van der Waals surface area contributed by atoms with Gasteiger partial charge in [-0.2, -0.15) is 0 Å². The Labute approximate surface area is 182 Å². The summed E-state index contributed by atoms with van der Waals surface area (Å²) in [6.45, 7) is 0.264. The predicted molar refractivity (Wildman–Crippen MR) is 118 cm³/mol. The predicted octanol–water partition coefficient (Wildman–Crippen LogP) is 3.89. The number of aromatic amines is 1. The van der Waals surface area contributed by atoms with E-state index in [1.54, 1.807) is 48.5 Å². The van der Waals surface area contributed by atoms with E-state index in [0.29, 0.717) is 28.5 Å². The molecule has 0 bridgehead atoms. The zero-order valence-corrected chi connectivity index (χ0v) is 16.9. The summed E-state index contributed by atoms with van der Waals surface area (Å²) in [5, 5.41) is 12.5. The summed E-state index contributed by atoms with van der Waals surface area (Å²) in [7, 11) is 0. The number of benzene rings is 3. The van der Waals surface area contributed by atoms with Crippen LogP contribution in [0.1, 0.15) is 37.4 Å². The molecule has 32 heavy (non-hydrogen) atoms. The van der Waals surface area contributed by atoms with E-state index in [1.165, 1.54) is 24.3 Å². The lowest BCUT2D eigenvalue weighted by atomic mass is 10.0. The number of nitrogens with one attached hydrogen (secondary N) is 2. The van der Waals surface area contributed by atoms with Crippen LogP contribution in [0.25, 0.3) is 10.9 Å². The average molecular weight is 430 g/mol. The Bertz CT molecular complexity index is 1360. The molecular formula is C25H19FN2O4. The normalized spacial score (nSPS) is 10.8. The maximum atomic E-state index is 13.0. The molecule has 4 aromatic rings. The Hall–Kier alpha value is -4.26. The number of carboxylic acid groups (broad SMARTS) is 1. The number of hydrogen-bond acceptors (Lipinski definition) is 3. The van der Waals surface area contributed by atoms with Gasteiger partial charge in [0.15, 0.2) is 0 Å². The number of aromatic carboxylic acids is 1. The number of carbonyl (C=O) groups is 2. The molecule has 1 aromatic heterocycles. The summed E-state index contributed by atoms with van der Waals surface area (Å²) in [6, 6.07) is 19.0. The minimum absolute atomic E-state index is 0.178. The Morgan fingerprint density at radius 3 is 2.22 bits per heavy atom. The molecule has 0 saturated heterocycles. The van der Waals surface area contributed by atoms with Gasteiger partial charge in [-0.05, 0) is 65.0 Å². The largest absolute Gasteiger partial charge is 0.478 e. The summed E-state index contributed by atoms with van der Waals surface area (Å²) in [4.78, 5) is 38.8. The first kappa shape index (κ1) is 21.0. The molecular weight excluding hydrogens is 411 g/mol. The molecule has 160 valence electrons. The second-order valence-electron chi connectivity index (χ2n) is 7.41. The summed E-state index contributed by atoms with van der Waals surface area (Å²) < 4.78 is 13.0. The molecule has 0 atom stereocenters. The number of H-pyrrole nitrogens is 1. The van der Waals surface area contributed by atoms with Gasteiger partial charge in [0.1, 0.15) is 5.82 Å². The van der Waals surface area contributed by atoms with Gasteiger partial charge < -0.3 is 15.4 Å². The maximum Gasteiger partial charge on any atom is 0.335 e. The highest BCUT2D eigenvalue weighted by Gasteiger charge is 2.10. The van der Waals surface area contributed by atoms with Crippen LogP contribution in [0.2, 0.25) is 0 Å². The molecule has 7 heteroatoms. The van der Waals surface area contributed by atoms with Crippen LogP contribution < -0.4 is 10.9 Å². The van der Waals surface area contributed by atoms with Crippen LogP contribution in [0.4, 0.5) is 4.39 Å². The molecule has 6 nitrogen and oxygen atoms in total. The van der Waals surface area contributed by atoms with E-state index in [2.05, 4.69) is 10.3 Å². The number of halogens is 1. The van der Waals surface area contributed by atoms with Crippen LogP contribution >= 0.6 is 0 Å². The van der Waals surface area contributed by atoms with Crippen LogP contribution in [0.5, 0.6) is 0 Å². The number of carboxylic acids is 1. The van der Waals surface area contributed by atoms with Gasteiger partial charge in [-0.15, -0.1) is 0 Å². The third kappa shape index (κ3) is 4.73. The topological polar surface area (TPSA) is 99.3 Å². The fraction of sp³-hybridized carbons (Fsp3) is 0.0800. The van der Waals surface area contributed by atoms with E-state index >= 15 is 0 Å². The highest BCUT2D eigenvalue weighted by atomic mass is 19.1. The van der Waals surface area contributed by atoms with Gasteiger partial charge in [0.2, 0.25) is 0 Å². The molecule has 0 aliphatic rings. The number of pyridine rings is 1. The smallest absolute Gasteiger partial charge is 0.335 e. The van der Waals surface area contributed by atoms with Crippen molar-refractivity contribution < 1.29 is 19.1 Å². The van der Waals surface area contributed by atoms with E-state index in [-0.39, 0.29) is 29.4 Å². The fourth-order valence-corrected chi connectivity index (χ4v) is 3.40. The Kier molecular flexibility index (Phi) is 5.81. The van der Waals surface area contributed by atoms with Gasteiger partial charge in [0.05, 0.1) is 5.56 Å². The third-order valence-corrected chi connectivity index (χ3v) is 5.15. The molecule has 0 aliphatic heterocycles. The van der Waals surface area contributed by atoms with Crippen molar-refractivity contribution in [2.45, 2.75) is 13.0 Å². The SMILES string of the molecule is O=C(O)c1ccc(Cc2cc3cc(C(=O)NCc4ccc(F)cc4)ccc3[nH]c2=O)cc1. The minimum atomic E-state index is -1.01. The van der Waals surface area contributed by atoms with Crippen molar-refractivity contribution in [1.82, 2.24) is 10.3 Å². The van der Waals surface area contributed by atoms with Crippen molar-refractivity contribution in [2.75, 3.05) is 0 Å². The molecule has 0 saturated carbocycles. The zero-order valence-electron chi connectivity index (χ0n) is 16.9. The average Bonchev–Trinajstić information content (AvgIpc) is 2.79. The van der Waals surface area contributed by atoms with Crippen molar-refractivity contribution in [2.24, 2.45) is 0 Å². The van der Waals surface area contributed by atoms with Gasteiger partial charge in [0, 0.05) is 29.6 Å². The molecule has 0 spiro atoms. The number of fused-ring (bicyclic) bond motifs is 1. The second-order valence-corrected chi connectivity index (χ2v) is 7.41. The Morgan fingerprint density at radius 1 is 0.875 bits per heavy atom. The fourth-order valence-electron chi connectivity index (χ4n) is 3.40. The number of rotatable bonds is 6. The molecule has 0 fully saturated rings. The summed E-state index contributed by atoms with van der Waals surface area (Å²) in [5.41, 5.74) is 3.06. The standard InChI is InChI=1S/C25H19FN2O4/c26-21-8-3-16(4-9-21)14-27-23(29)18-7-10-22-19(12-18)13-20(24(30)28-22)11-15-1-5-17(6-2-15)25(31)32/h1-10,12-13H,11,14H2,(H,27,29)(H,28,30)(H,31,32). The van der Waals surface area contributed by atoms with Crippen molar-refractivity contribution in [3.8, 4) is 0 Å². The first-order chi connectivity index (χ1) is 15.4. The van der Waals surface area contributed by atoms with Crippen LogP contribution in [-0.2, 0) is 13.0 Å². The number of amides is 1. The van der Waals surface area contributed by atoms with E-state index in [1.807, 2.05) is 0 Å². The van der Waals surface area contributed by atoms with Crippen LogP contribution in [0.15, 0.2) is 77.6 Å². The van der Waals surface area contributed by atoms with E-state index in [0.717, 1.165) is 11.1 Å². The van der Waals surface area contributed by atoms with Gasteiger partial charge in [-0.3, -0.25) is 9.59 Å². The van der Waals surface area contributed by atoms with E-state index in [4.69, 9.17) is 5.11 Å². The van der Waals surface area contributed by atoms with Crippen molar-refractivity contribution in [3.63, 3.8) is 0 Å². The van der Waals surface area contributed by atoms with Crippen molar-refractivity contribution in [1.29, 1.82) is 0 Å². The molecule has 0 unspecified atom stereocenters. The quantitative estimate of drug-likeness (QED) is 0.432.